The van der Waals surface area contributed by atoms with E-state index in [0.717, 1.165) is 19.3 Å². The molecule has 2 N–H and O–H groups in total. The van der Waals surface area contributed by atoms with Crippen molar-refractivity contribution in [3.05, 3.63) is 73.2 Å². The number of hydrogen-bond acceptors (Lipinski definition) is 9. The molecule has 5 aromatic rings. The zero-order valence-corrected chi connectivity index (χ0v) is 22.4. The third kappa shape index (κ3) is 6.60. The first kappa shape index (κ1) is 27.1. The number of amides is 1. The first-order valence-corrected chi connectivity index (χ1v) is 13.4. The highest BCUT2D eigenvalue weighted by molar-refractivity contribution is 6.05. The average Bonchev–Trinajstić information content (AvgIpc) is 3.47. The van der Waals surface area contributed by atoms with Gasteiger partial charge in [0.05, 0.1) is 12.1 Å². The molecule has 42 heavy (non-hydrogen) atoms. The monoisotopic (exact) mass is 567 g/mol. The number of anilines is 3. The molecule has 1 saturated heterocycles. The van der Waals surface area contributed by atoms with Crippen molar-refractivity contribution in [3.63, 3.8) is 0 Å². The maximum atomic E-state index is 15.0. The fourth-order valence-corrected chi connectivity index (χ4v) is 4.41. The molecule has 0 aliphatic carbocycles. The molecule has 0 spiro atoms. The topological polar surface area (TPSA) is 125 Å². The summed E-state index contributed by atoms with van der Waals surface area (Å²) in [5.41, 5.74) is 2.20. The average molecular weight is 568 g/mol. The number of ether oxygens (including phenoxy) is 3. The maximum Gasteiger partial charge on any atom is 0.300 e. The van der Waals surface area contributed by atoms with E-state index in [1.54, 1.807) is 47.1 Å². The minimum atomic E-state index is -0.567. The summed E-state index contributed by atoms with van der Waals surface area (Å²) in [5.74, 6) is 5.31. The summed E-state index contributed by atoms with van der Waals surface area (Å²) < 4.78 is 33.4. The van der Waals surface area contributed by atoms with Crippen LogP contribution in [0.4, 0.5) is 21.6 Å². The second-order valence-electron chi connectivity index (χ2n) is 9.42. The number of rotatable bonds is 8. The van der Waals surface area contributed by atoms with Gasteiger partial charge in [0.25, 0.3) is 5.91 Å². The van der Waals surface area contributed by atoms with E-state index >= 15 is 0 Å². The van der Waals surface area contributed by atoms with Crippen LogP contribution in [0, 0.1) is 17.7 Å². The van der Waals surface area contributed by atoms with Gasteiger partial charge in [0.1, 0.15) is 24.2 Å². The molecule has 0 bridgehead atoms. The van der Waals surface area contributed by atoms with Gasteiger partial charge in [-0.3, -0.25) is 4.79 Å². The fourth-order valence-electron chi connectivity index (χ4n) is 4.41. The van der Waals surface area contributed by atoms with E-state index in [-0.39, 0.29) is 12.0 Å². The molecule has 0 saturated carbocycles. The number of benzene rings is 2. The fraction of sp³-hybridized carbons (Fsp3) is 0.233. The third-order valence-electron chi connectivity index (χ3n) is 6.44. The molecular weight excluding hydrogens is 541 g/mol. The minimum Gasteiger partial charge on any atom is -0.454 e. The highest BCUT2D eigenvalue weighted by Gasteiger charge is 2.13. The summed E-state index contributed by atoms with van der Waals surface area (Å²) >= 11 is 0. The number of nitrogens with zero attached hydrogens (tertiary/aromatic N) is 5. The van der Waals surface area contributed by atoms with Crippen LogP contribution in [0.15, 0.2) is 67.4 Å². The number of carbonyl (C=O) groups is 1. The molecule has 1 aliphatic heterocycles. The molecule has 1 atom stereocenters. The number of carbonyl (C=O) groups excluding carboxylic acids is 1. The Balaban J connectivity index is 1.10. The Morgan fingerprint density at radius 1 is 1.07 bits per heavy atom. The van der Waals surface area contributed by atoms with E-state index in [9.17, 15) is 9.18 Å². The van der Waals surface area contributed by atoms with Crippen molar-refractivity contribution in [1.29, 1.82) is 0 Å². The molecule has 1 aliphatic rings. The molecule has 2 aromatic carbocycles. The van der Waals surface area contributed by atoms with E-state index in [2.05, 4.69) is 42.5 Å². The molecular formula is C30H26FN7O4. The van der Waals surface area contributed by atoms with Gasteiger partial charge in [-0.15, -0.1) is 0 Å². The smallest absolute Gasteiger partial charge is 0.300 e. The number of pyridine rings is 1. The van der Waals surface area contributed by atoms with E-state index < -0.39 is 11.7 Å². The first-order chi connectivity index (χ1) is 20.6. The summed E-state index contributed by atoms with van der Waals surface area (Å²) in [7, 11) is 0. The van der Waals surface area contributed by atoms with Gasteiger partial charge < -0.3 is 24.8 Å². The van der Waals surface area contributed by atoms with Crippen molar-refractivity contribution >= 4 is 39.6 Å². The van der Waals surface area contributed by atoms with Gasteiger partial charge >= 0.3 is 0 Å². The Morgan fingerprint density at radius 2 is 2.00 bits per heavy atom. The largest absolute Gasteiger partial charge is 0.454 e. The Labute approximate surface area is 240 Å². The van der Waals surface area contributed by atoms with Crippen LogP contribution < -0.4 is 15.4 Å². The van der Waals surface area contributed by atoms with E-state index in [1.165, 1.54) is 24.8 Å². The molecule has 1 fully saturated rings. The van der Waals surface area contributed by atoms with Crippen LogP contribution in [0.3, 0.4) is 0 Å². The Bertz CT molecular complexity index is 1790. The molecule has 4 heterocycles. The summed E-state index contributed by atoms with van der Waals surface area (Å²) in [6.07, 6.45) is 7.79. The van der Waals surface area contributed by atoms with Crippen molar-refractivity contribution in [2.75, 3.05) is 23.8 Å². The van der Waals surface area contributed by atoms with Gasteiger partial charge in [0.15, 0.2) is 23.5 Å². The van der Waals surface area contributed by atoms with Crippen LogP contribution in [0.25, 0.3) is 16.6 Å². The molecule has 3 aromatic heterocycles. The van der Waals surface area contributed by atoms with Crippen LogP contribution >= 0.6 is 0 Å². The first-order valence-electron chi connectivity index (χ1n) is 13.4. The van der Waals surface area contributed by atoms with Crippen LogP contribution in [-0.4, -0.2) is 50.0 Å². The normalized spacial score (nSPS) is 14.7. The Hall–Kier alpha value is -5.12. The SMILES string of the molecule is O=C(C#CCCOC1CCCCO1)Nc1ccc2ncnc(Nc3ccc(Oc4ccn5ncnc5c4)c(F)c3)c2c1. The second kappa shape index (κ2) is 12.6. The lowest BCUT2D eigenvalue weighted by Crippen LogP contribution is -2.22. The lowest BCUT2D eigenvalue weighted by atomic mass is 10.2. The standard InChI is InChI=1S/C30H26FN7O4/c31-24-16-21(8-10-26(24)42-22-11-12-38-27(17-22)33-19-35-38)37-30-23-15-20(7-9-25(23)32-18-34-30)36-28(39)5-1-3-13-40-29-6-2-4-14-41-29/h7-12,15-19,29H,2-4,6,13-14H2,(H,36,39)(H,32,34,37). The molecule has 1 unspecified atom stereocenters. The summed E-state index contributed by atoms with van der Waals surface area (Å²) in [6, 6.07) is 13.1. The van der Waals surface area contributed by atoms with Gasteiger partial charge in [-0.25, -0.2) is 23.9 Å². The van der Waals surface area contributed by atoms with Crippen LogP contribution in [0.1, 0.15) is 25.7 Å². The molecule has 212 valence electrons. The van der Waals surface area contributed by atoms with Crippen LogP contribution in [-0.2, 0) is 14.3 Å². The maximum absolute atomic E-state index is 15.0. The molecule has 1 amide bonds. The number of fused-ring (bicyclic) bond motifs is 2. The minimum absolute atomic E-state index is 0.0527. The zero-order valence-electron chi connectivity index (χ0n) is 22.4. The Kier molecular flexibility index (Phi) is 8.12. The number of hydrogen-bond donors (Lipinski definition) is 2. The van der Waals surface area contributed by atoms with Crippen molar-refractivity contribution in [1.82, 2.24) is 24.6 Å². The number of halogens is 1. The summed E-state index contributed by atoms with van der Waals surface area (Å²) in [6.45, 7) is 1.12. The van der Waals surface area contributed by atoms with Crippen molar-refractivity contribution in [3.8, 4) is 23.3 Å². The van der Waals surface area contributed by atoms with Crippen molar-refractivity contribution in [2.45, 2.75) is 32.0 Å². The molecule has 12 heteroatoms. The highest BCUT2D eigenvalue weighted by atomic mass is 19.1. The number of aromatic nitrogens is 5. The van der Waals surface area contributed by atoms with E-state index in [4.69, 9.17) is 14.2 Å². The van der Waals surface area contributed by atoms with Gasteiger partial charge in [0, 0.05) is 48.1 Å². The van der Waals surface area contributed by atoms with E-state index in [1.807, 2.05) is 0 Å². The number of nitrogens with one attached hydrogen (secondary N) is 2. The molecule has 6 rings (SSSR count). The van der Waals surface area contributed by atoms with Crippen molar-refractivity contribution < 1.29 is 23.4 Å². The van der Waals surface area contributed by atoms with Crippen LogP contribution in [0.5, 0.6) is 11.5 Å². The lowest BCUT2D eigenvalue weighted by molar-refractivity contribution is -0.161. The second-order valence-corrected chi connectivity index (χ2v) is 9.42. The molecule has 0 radical (unpaired) electrons. The molecule has 11 nitrogen and oxygen atoms in total. The Morgan fingerprint density at radius 3 is 2.88 bits per heavy atom. The van der Waals surface area contributed by atoms with Gasteiger partial charge in [-0.05, 0) is 61.6 Å². The predicted octanol–water partition coefficient (Wildman–Crippen LogP) is 5.22. The van der Waals surface area contributed by atoms with Gasteiger partial charge in [-0.1, -0.05) is 5.92 Å². The van der Waals surface area contributed by atoms with Crippen LogP contribution in [0.2, 0.25) is 0 Å². The zero-order chi connectivity index (χ0) is 28.7. The summed E-state index contributed by atoms with van der Waals surface area (Å²) in [4.78, 5) is 25.1. The quantitative estimate of drug-likeness (QED) is 0.192. The predicted molar refractivity (Wildman–Crippen MR) is 153 cm³/mol. The lowest BCUT2D eigenvalue weighted by Gasteiger charge is -2.22. The van der Waals surface area contributed by atoms with Gasteiger partial charge in [-0.2, -0.15) is 5.10 Å². The van der Waals surface area contributed by atoms with E-state index in [0.29, 0.717) is 59.1 Å². The third-order valence-corrected chi connectivity index (χ3v) is 6.44. The highest BCUT2D eigenvalue weighted by Crippen LogP contribution is 2.30. The summed E-state index contributed by atoms with van der Waals surface area (Å²) in [5, 5.41) is 10.6. The van der Waals surface area contributed by atoms with Crippen molar-refractivity contribution in [2.24, 2.45) is 0 Å². The van der Waals surface area contributed by atoms with Gasteiger partial charge in [0.2, 0.25) is 0 Å².